The lowest BCUT2D eigenvalue weighted by Crippen LogP contribution is -2.42. The Morgan fingerprint density at radius 2 is 1.34 bits per heavy atom. The first-order valence-corrected chi connectivity index (χ1v) is 15.8. The summed E-state index contributed by atoms with van der Waals surface area (Å²) < 4.78 is 57.0. The molecule has 0 bridgehead atoms. The quantitative estimate of drug-likeness (QED) is 0.481. The normalized spacial score (nSPS) is 23.6. The first kappa shape index (κ1) is 24.8. The van der Waals surface area contributed by atoms with E-state index in [4.69, 9.17) is 4.98 Å². The third kappa shape index (κ3) is 4.91. The highest BCUT2D eigenvalue weighted by atomic mass is 32.2. The first-order chi connectivity index (χ1) is 16.6. The van der Waals surface area contributed by atoms with Crippen LogP contribution in [0.25, 0.3) is 10.2 Å². The van der Waals surface area contributed by atoms with Gasteiger partial charge in [-0.2, -0.15) is 8.61 Å². The van der Waals surface area contributed by atoms with E-state index in [1.165, 1.54) is 32.9 Å². The maximum Gasteiger partial charge on any atom is 0.243 e. The topological polar surface area (TPSA) is 87.7 Å². The van der Waals surface area contributed by atoms with Crippen LogP contribution in [0.1, 0.15) is 44.0 Å². The number of para-hydroxylation sites is 1. The van der Waals surface area contributed by atoms with Gasteiger partial charge in [0.25, 0.3) is 0 Å². The molecule has 2 fully saturated rings. The third-order valence-corrected chi connectivity index (χ3v) is 12.0. The largest absolute Gasteiger partial charge is 0.243 e. The molecule has 0 radical (unpaired) electrons. The number of sulfonamides is 2. The number of fused-ring (bicyclic) bond motifs is 1. The van der Waals surface area contributed by atoms with E-state index < -0.39 is 20.0 Å². The Hall–Kier alpha value is -1.85. The van der Waals surface area contributed by atoms with Crippen molar-refractivity contribution in [3.63, 3.8) is 0 Å². The molecular weight excluding hydrogens is 502 g/mol. The molecule has 10 heteroatoms. The second-order valence-corrected chi connectivity index (χ2v) is 14.9. The molecule has 2 aromatic carbocycles. The molecule has 0 spiro atoms. The zero-order valence-corrected chi connectivity index (χ0v) is 22.4. The molecule has 2 atom stereocenters. The van der Waals surface area contributed by atoms with Gasteiger partial charge in [0, 0.05) is 32.1 Å². The number of nitrogens with zero attached hydrogens (tertiary/aromatic N) is 3. The summed E-state index contributed by atoms with van der Waals surface area (Å²) in [5.74, 6) is 0.860. The summed E-state index contributed by atoms with van der Waals surface area (Å²) in [6.45, 7) is 5.97. The standard InChI is InChI=1S/C25H31N3O4S3/c1-18-15-19(2)17-28(16-18)35(31,32)22-9-7-21(8-10-22)34(29,30)27-13-11-20(12-14-27)25-26-23-5-3-4-6-24(23)33-25/h3-10,18-20H,11-17H2,1-2H3/t18-,19-/m0/s1. The van der Waals surface area contributed by atoms with E-state index in [9.17, 15) is 16.8 Å². The second kappa shape index (κ2) is 9.55. The van der Waals surface area contributed by atoms with E-state index >= 15 is 0 Å². The summed E-state index contributed by atoms with van der Waals surface area (Å²) in [5.41, 5.74) is 0.992. The van der Waals surface area contributed by atoms with Crippen LogP contribution in [0, 0.1) is 11.8 Å². The highest BCUT2D eigenvalue weighted by Crippen LogP contribution is 2.35. The minimum Gasteiger partial charge on any atom is -0.241 e. The molecule has 7 nitrogen and oxygen atoms in total. The van der Waals surface area contributed by atoms with Crippen molar-refractivity contribution in [1.29, 1.82) is 0 Å². The van der Waals surface area contributed by atoms with Gasteiger partial charge in [-0.25, -0.2) is 21.8 Å². The summed E-state index contributed by atoms with van der Waals surface area (Å²) in [6.07, 6.45) is 2.45. The van der Waals surface area contributed by atoms with Gasteiger partial charge in [-0.1, -0.05) is 26.0 Å². The predicted octanol–water partition coefficient (Wildman–Crippen LogP) is 4.53. The summed E-state index contributed by atoms with van der Waals surface area (Å²) in [6, 6.07) is 13.8. The molecule has 0 aliphatic carbocycles. The molecule has 2 aliphatic rings. The van der Waals surface area contributed by atoms with Crippen LogP contribution in [-0.4, -0.2) is 56.6 Å². The van der Waals surface area contributed by atoms with E-state index in [1.54, 1.807) is 11.3 Å². The van der Waals surface area contributed by atoms with Crippen molar-refractivity contribution < 1.29 is 16.8 Å². The minimum absolute atomic E-state index is 0.135. The fourth-order valence-corrected chi connectivity index (χ4v) is 9.58. The highest BCUT2D eigenvalue weighted by molar-refractivity contribution is 7.89. The molecule has 0 saturated carbocycles. The van der Waals surface area contributed by atoms with E-state index in [-0.39, 0.29) is 15.7 Å². The molecule has 2 saturated heterocycles. The molecule has 3 heterocycles. The predicted molar refractivity (Wildman–Crippen MR) is 138 cm³/mol. The number of rotatable bonds is 5. The lowest BCUT2D eigenvalue weighted by atomic mass is 9.94. The zero-order chi connectivity index (χ0) is 24.8. The smallest absolute Gasteiger partial charge is 0.241 e. The van der Waals surface area contributed by atoms with Gasteiger partial charge < -0.3 is 0 Å². The van der Waals surface area contributed by atoms with Gasteiger partial charge in [0.05, 0.1) is 25.0 Å². The Morgan fingerprint density at radius 3 is 1.91 bits per heavy atom. The van der Waals surface area contributed by atoms with Crippen LogP contribution in [0.3, 0.4) is 0 Å². The fraction of sp³-hybridized carbons (Fsp3) is 0.480. The molecule has 3 aromatic rings. The first-order valence-electron chi connectivity index (χ1n) is 12.1. The van der Waals surface area contributed by atoms with Crippen molar-refractivity contribution in [2.75, 3.05) is 26.2 Å². The van der Waals surface area contributed by atoms with Crippen LogP contribution in [0.4, 0.5) is 0 Å². The Morgan fingerprint density at radius 1 is 0.800 bits per heavy atom. The molecule has 5 rings (SSSR count). The molecule has 2 aliphatic heterocycles. The summed E-state index contributed by atoms with van der Waals surface area (Å²) >= 11 is 1.68. The van der Waals surface area contributed by atoms with Gasteiger partial charge in [0.15, 0.2) is 0 Å². The molecule has 0 N–H and O–H groups in total. The van der Waals surface area contributed by atoms with E-state index in [0.29, 0.717) is 38.0 Å². The van der Waals surface area contributed by atoms with Gasteiger partial charge in [0.1, 0.15) is 0 Å². The Balaban J connectivity index is 1.28. The molecule has 188 valence electrons. The molecule has 0 amide bonds. The number of hydrogen-bond donors (Lipinski definition) is 0. The molecule has 1 aromatic heterocycles. The van der Waals surface area contributed by atoms with Gasteiger partial charge in [-0.15, -0.1) is 11.3 Å². The maximum atomic E-state index is 13.3. The van der Waals surface area contributed by atoms with Gasteiger partial charge >= 0.3 is 0 Å². The average molecular weight is 534 g/mol. The van der Waals surface area contributed by atoms with Crippen LogP contribution in [-0.2, 0) is 20.0 Å². The fourth-order valence-electron chi connectivity index (χ4n) is 5.29. The monoisotopic (exact) mass is 533 g/mol. The lowest BCUT2D eigenvalue weighted by molar-refractivity contribution is 0.222. The van der Waals surface area contributed by atoms with Crippen molar-refractivity contribution in [2.45, 2.75) is 48.8 Å². The van der Waals surface area contributed by atoms with Crippen molar-refractivity contribution in [2.24, 2.45) is 11.8 Å². The maximum absolute atomic E-state index is 13.3. The summed E-state index contributed by atoms with van der Waals surface area (Å²) in [4.78, 5) is 5.03. The number of thiazole rings is 1. The van der Waals surface area contributed by atoms with Crippen molar-refractivity contribution in [3.05, 3.63) is 53.5 Å². The SMILES string of the molecule is C[C@H]1C[C@H](C)CN(S(=O)(=O)c2ccc(S(=O)(=O)N3CCC(c4nc5ccccc5s4)CC3)cc2)C1. The Labute approximate surface area is 211 Å². The van der Waals surface area contributed by atoms with Gasteiger partial charge in [0.2, 0.25) is 20.0 Å². The van der Waals surface area contributed by atoms with Crippen molar-refractivity contribution in [1.82, 2.24) is 13.6 Å². The number of benzene rings is 2. The number of aromatic nitrogens is 1. The van der Waals surface area contributed by atoms with Crippen LogP contribution in [0.5, 0.6) is 0 Å². The molecular formula is C25H31N3O4S3. The van der Waals surface area contributed by atoms with E-state index in [1.807, 2.05) is 18.2 Å². The lowest BCUT2D eigenvalue weighted by Gasteiger charge is -2.34. The molecule has 0 unspecified atom stereocenters. The van der Waals surface area contributed by atoms with E-state index in [2.05, 4.69) is 19.9 Å². The van der Waals surface area contributed by atoms with Crippen LogP contribution in [0.2, 0.25) is 0 Å². The third-order valence-electron chi connectivity index (χ3n) is 7.05. The van der Waals surface area contributed by atoms with Gasteiger partial charge in [-0.3, -0.25) is 0 Å². The Kier molecular flexibility index (Phi) is 6.78. The Bertz CT molecular complexity index is 1370. The zero-order valence-electron chi connectivity index (χ0n) is 20.0. The number of piperidine rings is 2. The minimum atomic E-state index is -3.69. The van der Waals surface area contributed by atoms with Gasteiger partial charge in [-0.05, 0) is 67.5 Å². The number of hydrogen-bond acceptors (Lipinski definition) is 6. The van der Waals surface area contributed by atoms with Crippen LogP contribution >= 0.6 is 11.3 Å². The highest BCUT2D eigenvalue weighted by Gasteiger charge is 2.34. The van der Waals surface area contributed by atoms with Crippen molar-refractivity contribution >= 4 is 41.6 Å². The average Bonchev–Trinajstić information content (AvgIpc) is 3.28. The second-order valence-electron chi connectivity index (χ2n) is 9.94. The molecule has 35 heavy (non-hydrogen) atoms. The van der Waals surface area contributed by atoms with Crippen LogP contribution in [0.15, 0.2) is 58.3 Å². The summed E-state index contributed by atoms with van der Waals surface area (Å²) in [5, 5.41) is 1.07. The van der Waals surface area contributed by atoms with E-state index in [0.717, 1.165) is 34.5 Å². The van der Waals surface area contributed by atoms with Crippen molar-refractivity contribution in [3.8, 4) is 0 Å². The van der Waals surface area contributed by atoms with Crippen LogP contribution < -0.4 is 0 Å². The summed E-state index contributed by atoms with van der Waals surface area (Å²) in [7, 11) is -7.33.